The summed E-state index contributed by atoms with van der Waals surface area (Å²) in [4.78, 5) is 13.0. The Balaban J connectivity index is 1.93. The van der Waals surface area contributed by atoms with Gasteiger partial charge in [0.15, 0.2) is 0 Å². The minimum Gasteiger partial charge on any atom is -0.508 e. The van der Waals surface area contributed by atoms with E-state index >= 15 is 0 Å². The lowest BCUT2D eigenvalue weighted by Crippen LogP contribution is -1.97. The van der Waals surface area contributed by atoms with Crippen molar-refractivity contribution in [1.29, 1.82) is 0 Å². The molecule has 3 aromatic rings. The molecule has 1 heterocycles. The summed E-state index contributed by atoms with van der Waals surface area (Å²) in [5.74, 6) is 0.231. The van der Waals surface area contributed by atoms with E-state index in [2.05, 4.69) is 0 Å². The summed E-state index contributed by atoms with van der Waals surface area (Å²) in [6.45, 7) is 1.84. The van der Waals surface area contributed by atoms with Gasteiger partial charge in [-0.1, -0.05) is 18.2 Å². The van der Waals surface area contributed by atoms with Crippen LogP contribution < -0.4 is 0 Å². The molecular formula is C18H14O3S. The zero-order chi connectivity index (χ0) is 15.7. The van der Waals surface area contributed by atoms with Crippen LogP contribution in [0.2, 0.25) is 0 Å². The molecule has 0 saturated carbocycles. The first-order valence-corrected chi connectivity index (χ1v) is 7.65. The molecule has 0 aliphatic heterocycles. The van der Waals surface area contributed by atoms with Crippen molar-refractivity contribution in [3.63, 3.8) is 0 Å². The van der Waals surface area contributed by atoms with Gasteiger partial charge in [0.25, 0.3) is 0 Å². The number of rotatable bonds is 3. The number of phenols is 2. The van der Waals surface area contributed by atoms with E-state index in [0.29, 0.717) is 10.4 Å². The number of benzene rings is 2. The van der Waals surface area contributed by atoms with E-state index in [4.69, 9.17) is 0 Å². The molecule has 2 N–H and O–H groups in total. The number of hydrogen-bond acceptors (Lipinski definition) is 4. The minimum absolute atomic E-state index is 0.0804. The van der Waals surface area contributed by atoms with Crippen LogP contribution in [0.3, 0.4) is 0 Å². The third-order valence-corrected chi connectivity index (χ3v) is 4.39. The molecule has 3 rings (SSSR count). The fourth-order valence-electron chi connectivity index (χ4n) is 2.23. The first-order chi connectivity index (χ1) is 10.5. The predicted molar refractivity (Wildman–Crippen MR) is 87.7 cm³/mol. The van der Waals surface area contributed by atoms with Crippen LogP contribution in [0, 0.1) is 6.92 Å². The van der Waals surface area contributed by atoms with E-state index in [1.807, 2.05) is 30.5 Å². The number of ketones is 1. The monoisotopic (exact) mass is 310 g/mol. The van der Waals surface area contributed by atoms with Crippen molar-refractivity contribution in [2.45, 2.75) is 6.92 Å². The van der Waals surface area contributed by atoms with Crippen LogP contribution in [0.1, 0.15) is 20.8 Å². The number of aromatic hydroxyl groups is 2. The van der Waals surface area contributed by atoms with Gasteiger partial charge in [-0.2, -0.15) is 0 Å². The zero-order valence-electron chi connectivity index (χ0n) is 11.9. The molecule has 2 aromatic carbocycles. The molecule has 0 unspecified atom stereocenters. The summed E-state index contributed by atoms with van der Waals surface area (Å²) in [6, 6.07) is 13.5. The fourth-order valence-corrected chi connectivity index (χ4v) is 3.11. The van der Waals surface area contributed by atoms with Crippen LogP contribution in [0.25, 0.3) is 11.1 Å². The van der Waals surface area contributed by atoms with Gasteiger partial charge in [0, 0.05) is 5.56 Å². The summed E-state index contributed by atoms with van der Waals surface area (Å²) >= 11 is 1.37. The second-order valence-corrected chi connectivity index (χ2v) is 5.99. The van der Waals surface area contributed by atoms with Gasteiger partial charge >= 0.3 is 0 Å². The molecular weight excluding hydrogens is 296 g/mol. The molecule has 0 aliphatic rings. The Morgan fingerprint density at radius 2 is 1.82 bits per heavy atom. The quantitative estimate of drug-likeness (QED) is 0.706. The summed E-state index contributed by atoms with van der Waals surface area (Å²) in [5.41, 5.74) is 3.16. The van der Waals surface area contributed by atoms with Crippen LogP contribution in [-0.2, 0) is 0 Å². The summed E-state index contributed by atoms with van der Waals surface area (Å²) < 4.78 is 0. The van der Waals surface area contributed by atoms with Gasteiger partial charge in [0.05, 0.1) is 4.88 Å². The van der Waals surface area contributed by atoms with Crippen molar-refractivity contribution in [2.75, 3.05) is 0 Å². The number of hydrogen-bond donors (Lipinski definition) is 2. The Morgan fingerprint density at radius 3 is 2.55 bits per heavy atom. The normalized spacial score (nSPS) is 10.6. The van der Waals surface area contributed by atoms with Crippen LogP contribution >= 0.6 is 11.3 Å². The highest BCUT2D eigenvalue weighted by Gasteiger charge is 2.13. The average Bonchev–Trinajstić information content (AvgIpc) is 2.99. The molecule has 0 amide bonds. The van der Waals surface area contributed by atoms with E-state index in [9.17, 15) is 15.0 Å². The highest BCUT2D eigenvalue weighted by molar-refractivity contribution is 7.12. The maximum absolute atomic E-state index is 12.4. The van der Waals surface area contributed by atoms with Gasteiger partial charge in [-0.15, -0.1) is 11.3 Å². The number of thiophene rings is 1. The lowest BCUT2D eigenvalue weighted by Gasteiger charge is -2.02. The Kier molecular flexibility index (Phi) is 3.69. The molecule has 3 nitrogen and oxygen atoms in total. The zero-order valence-corrected chi connectivity index (χ0v) is 12.7. The Hall–Kier alpha value is -2.59. The van der Waals surface area contributed by atoms with Gasteiger partial charge in [-0.25, -0.2) is 0 Å². The molecule has 0 aliphatic carbocycles. The second kappa shape index (κ2) is 5.66. The average molecular weight is 310 g/mol. The van der Waals surface area contributed by atoms with Crippen molar-refractivity contribution in [3.05, 3.63) is 69.9 Å². The minimum atomic E-state index is -0.109. The maximum atomic E-state index is 12.4. The highest BCUT2D eigenvalue weighted by Crippen LogP contribution is 2.30. The lowest BCUT2D eigenvalue weighted by molar-refractivity contribution is 0.104. The van der Waals surface area contributed by atoms with E-state index < -0.39 is 0 Å². The van der Waals surface area contributed by atoms with E-state index in [0.717, 1.165) is 16.7 Å². The van der Waals surface area contributed by atoms with Gasteiger partial charge in [0.2, 0.25) is 5.78 Å². The van der Waals surface area contributed by atoms with E-state index in [1.54, 1.807) is 18.2 Å². The first-order valence-electron chi connectivity index (χ1n) is 6.77. The predicted octanol–water partition coefficient (Wildman–Crippen LogP) is 4.37. The van der Waals surface area contributed by atoms with E-state index in [-0.39, 0.29) is 17.3 Å². The third-order valence-electron chi connectivity index (χ3n) is 3.46. The maximum Gasteiger partial charge on any atom is 0.203 e. The van der Waals surface area contributed by atoms with Crippen molar-refractivity contribution in [3.8, 4) is 22.6 Å². The van der Waals surface area contributed by atoms with Crippen LogP contribution in [0.15, 0.2) is 53.9 Å². The highest BCUT2D eigenvalue weighted by atomic mass is 32.1. The number of phenolic OH excluding ortho intramolecular Hbond substituents is 2. The fraction of sp³-hybridized carbons (Fsp3) is 0.0556. The molecule has 4 heteroatoms. The van der Waals surface area contributed by atoms with Gasteiger partial charge in [0.1, 0.15) is 11.5 Å². The van der Waals surface area contributed by atoms with Crippen LogP contribution in [0.4, 0.5) is 0 Å². The first kappa shape index (κ1) is 14.4. The molecule has 0 bridgehead atoms. The molecule has 0 saturated heterocycles. The number of carbonyl (C=O) groups is 1. The van der Waals surface area contributed by atoms with Crippen molar-refractivity contribution in [1.82, 2.24) is 0 Å². The van der Waals surface area contributed by atoms with Crippen molar-refractivity contribution in [2.24, 2.45) is 0 Å². The molecule has 0 atom stereocenters. The largest absolute Gasteiger partial charge is 0.508 e. The summed E-state index contributed by atoms with van der Waals surface area (Å²) in [7, 11) is 0. The van der Waals surface area contributed by atoms with Crippen molar-refractivity contribution >= 4 is 17.1 Å². The lowest BCUT2D eigenvalue weighted by atomic mass is 10.0. The smallest absolute Gasteiger partial charge is 0.203 e. The van der Waals surface area contributed by atoms with Gasteiger partial charge < -0.3 is 10.2 Å². The number of aryl methyl sites for hydroxylation is 1. The van der Waals surface area contributed by atoms with Gasteiger partial charge in [-0.3, -0.25) is 4.79 Å². The van der Waals surface area contributed by atoms with Gasteiger partial charge in [-0.05, 0) is 59.3 Å². The second-order valence-electron chi connectivity index (χ2n) is 5.08. The van der Waals surface area contributed by atoms with Crippen LogP contribution in [-0.4, -0.2) is 16.0 Å². The summed E-state index contributed by atoms with van der Waals surface area (Å²) in [6.07, 6.45) is 0. The number of carbonyl (C=O) groups excluding carboxylic acids is 1. The third kappa shape index (κ3) is 2.73. The standard InChI is InChI=1S/C18H14O3S/c1-11-7-12(5-6-16(11)20)14-9-17(22-10-14)18(21)13-3-2-4-15(19)8-13/h2-10,19-20H,1H3. The Labute approximate surface area is 132 Å². The molecule has 0 spiro atoms. The van der Waals surface area contributed by atoms with Crippen molar-refractivity contribution < 1.29 is 15.0 Å². The topological polar surface area (TPSA) is 57.5 Å². The molecule has 1 aromatic heterocycles. The van der Waals surface area contributed by atoms with Crippen LogP contribution in [0.5, 0.6) is 11.5 Å². The molecule has 22 heavy (non-hydrogen) atoms. The molecule has 0 fully saturated rings. The SMILES string of the molecule is Cc1cc(-c2csc(C(=O)c3cccc(O)c3)c2)ccc1O. The Bertz CT molecular complexity index is 849. The Morgan fingerprint density at radius 1 is 1.00 bits per heavy atom. The molecule has 0 radical (unpaired) electrons. The molecule has 110 valence electrons. The summed E-state index contributed by atoms with van der Waals surface area (Å²) in [5, 5.41) is 21.0. The van der Waals surface area contributed by atoms with E-state index in [1.165, 1.54) is 23.5 Å².